The number of halogens is 2. The molecule has 4 nitrogen and oxygen atoms in total. The number of hydrogen-bond donors (Lipinski definition) is 0. The van der Waals surface area contributed by atoms with E-state index in [1.807, 2.05) is 4.90 Å². The van der Waals surface area contributed by atoms with E-state index in [0.29, 0.717) is 16.0 Å². The summed E-state index contributed by atoms with van der Waals surface area (Å²) in [5.41, 5.74) is 0.420. The highest BCUT2D eigenvalue weighted by Gasteiger charge is 2.25. The Hall–Kier alpha value is -0.980. The Morgan fingerprint density at radius 1 is 1.17 bits per heavy atom. The number of hydrogen-bond acceptors (Lipinski definition) is 3. The molecule has 0 N–H and O–H groups in total. The molecule has 23 heavy (non-hydrogen) atoms. The summed E-state index contributed by atoms with van der Waals surface area (Å²) in [7, 11) is 0. The van der Waals surface area contributed by atoms with Crippen molar-refractivity contribution in [3.05, 3.63) is 34.1 Å². The predicted octanol–water partition coefficient (Wildman–Crippen LogP) is 2.77. The van der Waals surface area contributed by atoms with Crippen molar-refractivity contribution < 1.29 is 13.9 Å². The van der Waals surface area contributed by atoms with Gasteiger partial charge < -0.3 is 9.64 Å². The molecule has 3 rings (SSSR count). The fourth-order valence-electron chi connectivity index (χ4n) is 3.33. The number of ether oxygens (including phenoxy) is 1. The van der Waals surface area contributed by atoms with Gasteiger partial charge in [0.2, 0.25) is 0 Å². The van der Waals surface area contributed by atoms with E-state index in [1.165, 1.54) is 12.1 Å². The van der Waals surface area contributed by atoms with E-state index in [-0.39, 0.29) is 11.7 Å². The molecule has 2 aliphatic rings. The Morgan fingerprint density at radius 2 is 1.87 bits per heavy atom. The Bertz CT molecular complexity index is 535. The van der Waals surface area contributed by atoms with Crippen molar-refractivity contribution in [2.24, 2.45) is 5.92 Å². The van der Waals surface area contributed by atoms with Crippen LogP contribution in [0.2, 0.25) is 0 Å². The lowest BCUT2D eigenvalue weighted by Gasteiger charge is -2.36. The smallest absolute Gasteiger partial charge is 0.253 e. The molecule has 0 radical (unpaired) electrons. The molecule has 1 aromatic rings. The van der Waals surface area contributed by atoms with Gasteiger partial charge in [0, 0.05) is 42.8 Å². The quantitative estimate of drug-likeness (QED) is 0.802. The minimum absolute atomic E-state index is 0.0741. The van der Waals surface area contributed by atoms with Crippen LogP contribution in [-0.4, -0.2) is 61.6 Å². The first kappa shape index (κ1) is 16.9. The van der Waals surface area contributed by atoms with Crippen LogP contribution in [0.15, 0.2) is 22.7 Å². The molecule has 0 atom stereocenters. The van der Waals surface area contributed by atoms with Crippen LogP contribution < -0.4 is 0 Å². The van der Waals surface area contributed by atoms with E-state index in [4.69, 9.17) is 4.74 Å². The second-order valence-electron chi connectivity index (χ2n) is 6.31. The summed E-state index contributed by atoms with van der Waals surface area (Å²) in [6.07, 6.45) is 2.03. The molecule has 2 aliphatic heterocycles. The number of likely N-dealkylation sites (tertiary alicyclic amines) is 1. The van der Waals surface area contributed by atoms with Crippen LogP contribution in [-0.2, 0) is 4.74 Å². The van der Waals surface area contributed by atoms with Crippen molar-refractivity contribution in [3.8, 4) is 0 Å². The lowest BCUT2D eigenvalue weighted by Crippen LogP contribution is -2.44. The number of benzene rings is 1. The Kier molecular flexibility index (Phi) is 5.67. The van der Waals surface area contributed by atoms with Crippen LogP contribution in [0.5, 0.6) is 0 Å². The van der Waals surface area contributed by atoms with Gasteiger partial charge in [-0.2, -0.15) is 0 Å². The molecule has 0 aromatic heterocycles. The van der Waals surface area contributed by atoms with Crippen molar-refractivity contribution >= 4 is 21.8 Å². The van der Waals surface area contributed by atoms with Gasteiger partial charge in [0.05, 0.1) is 13.2 Å². The van der Waals surface area contributed by atoms with Crippen molar-refractivity contribution in [1.82, 2.24) is 9.80 Å². The fourth-order valence-corrected chi connectivity index (χ4v) is 3.79. The van der Waals surface area contributed by atoms with Gasteiger partial charge in [0.15, 0.2) is 0 Å². The van der Waals surface area contributed by atoms with E-state index < -0.39 is 0 Å². The zero-order chi connectivity index (χ0) is 16.2. The number of carbonyl (C=O) groups is 1. The molecule has 2 saturated heterocycles. The maximum atomic E-state index is 13.5. The largest absolute Gasteiger partial charge is 0.379 e. The minimum atomic E-state index is -0.384. The summed E-state index contributed by atoms with van der Waals surface area (Å²) in [6.45, 7) is 6.27. The molecule has 0 bridgehead atoms. The first-order chi connectivity index (χ1) is 11.1. The topological polar surface area (TPSA) is 32.8 Å². The summed E-state index contributed by atoms with van der Waals surface area (Å²) in [5.74, 6) is 0.177. The van der Waals surface area contributed by atoms with Gasteiger partial charge in [-0.25, -0.2) is 4.39 Å². The summed E-state index contributed by atoms with van der Waals surface area (Å²) in [5, 5.41) is 0. The van der Waals surface area contributed by atoms with Gasteiger partial charge in [-0.1, -0.05) is 15.9 Å². The molecule has 0 saturated carbocycles. The summed E-state index contributed by atoms with van der Waals surface area (Å²) in [4.78, 5) is 16.8. The highest BCUT2D eigenvalue weighted by Crippen LogP contribution is 2.22. The Labute approximate surface area is 144 Å². The molecule has 1 amide bonds. The zero-order valence-electron chi connectivity index (χ0n) is 13.1. The van der Waals surface area contributed by atoms with E-state index in [0.717, 1.165) is 58.8 Å². The van der Waals surface area contributed by atoms with Gasteiger partial charge in [-0.3, -0.25) is 9.69 Å². The molecule has 2 heterocycles. The molecular formula is C17H22BrFN2O2. The maximum absolute atomic E-state index is 13.5. The molecular weight excluding hydrogens is 363 g/mol. The fraction of sp³-hybridized carbons (Fsp3) is 0.588. The van der Waals surface area contributed by atoms with Gasteiger partial charge >= 0.3 is 0 Å². The number of rotatable bonds is 3. The third-order valence-electron chi connectivity index (χ3n) is 4.63. The molecule has 6 heteroatoms. The van der Waals surface area contributed by atoms with Crippen LogP contribution in [0, 0.1) is 11.7 Å². The summed E-state index contributed by atoms with van der Waals surface area (Å²) < 4.78 is 19.4. The van der Waals surface area contributed by atoms with E-state index in [2.05, 4.69) is 20.8 Å². The Balaban J connectivity index is 1.52. The van der Waals surface area contributed by atoms with Crippen molar-refractivity contribution in [1.29, 1.82) is 0 Å². The van der Waals surface area contributed by atoms with Crippen LogP contribution in [0.25, 0.3) is 0 Å². The molecule has 0 aliphatic carbocycles. The van der Waals surface area contributed by atoms with Gasteiger partial charge in [-0.15, -0.1) is 0 Å². The maximum Gasteiger partial charge on any atom is 0.253 e. The first-order valence-corrected chi connectivity index (χ1v) is 8.96. The highest BCUT2D eigenvalue weighted by molar-refractivity contribution is 9.10. The Morgan fingerprint density at radius 3 is 2.52 bits per heavy atom. The van der Waals surface area contributed by atoms with Crippen molar-refractivity contribution in [2.45, 2.75) is 12.8 Å². The highest BCUT2D eigenvalue weighted by atomic mass is 79.9. The standard InChI is InChI=1S/C17H22BrFN2O2/c18-15-9-14(10-16(19)11-15)17(22)21-3-1-13(2-4-21)12-20-5-7-23-8-6-20/h9-11,13H,1-8,12H2. The third-order valence-corrected chi connectivity index (χ3v) is 5.09. The molecule has 0 spiro atoms. The molecule has 0 unspecified atom stereocenters. The normalized spacial score (nSPS) is 20.7. The number of carbonyl (C=O) groups excluding carboxylic acids is 1. The number of amides is 1. The van der Waals surface area contributed by atoms with Gasteiger partial charge in [0.1, 0.15) is 5.82 Å². The van der Waals surface area contributed by atoms with Crippen LogP contribution >= 0.6 is 15.9 Å². The average Bonchev–Trinajstić information content (AvgIpc) is 2.55. The van der Waals surface area contributed by atoms with Crippen LogP contribution in [0.4, 0.5) is 4.39 Å². The van der Waals surface area contributed by atoms with Crippen molar-refractivity contribution in [2.75, 3.05) is 45.9 Å². The first-order valence-electron chi connectivity index (χ1n) is 8.17. The summed E-state index contributed by atoms with van der Waals surface area (Å²) >= 11 is 3.24. The monoisotopic (exact) mass is 384 g/mol. The number of nitrogens with zero attached hydrogens (tertiary/aromatic N) is 2. The zero-order valence-corrected chi connectivity index (χ0v) is 14.7. The number of piperidine rings is 1. The second-order valence-corrected chi connectivity index (χ2v) is 7.22. The third kappa shape index (κ3) is 4.52. The minimum Gasteiger partial charge on any atom is -0.379 e. The average molecular weight is 385 g/mol. The number of morpholine rings is 1. The lowest BCUT2D eigenvalue weighted by atomic mass is 9.95. The van der Waals surface area contributed by atoms with Gasteiger partial charge in [0.25, 0.3) is 5.91 Å². The lowest BCUT2D eigenvalue weighted by molar-refractivity contribution is 0.0243. The van der Waals surface area contributed by atoms with E-state index in [1.54, 1.807) is 6.07 Å². The molecule has 126 valence electrons. The molecule has 1 aromatic carbocycles. The van der Waals surface area contributed by atoms with Crippen LogP contribution in [0.3, 0.4) is 0 Å². The van der Waals surface area contributed by atoms with E-state index in [9.17, 15) is 9.18 Å². The predicted molar refractivity (Wildman–Crippen MR) is 90.0 cm³/mol. The van der Waals surface area contributed by atoms with Crippen molar-refractivity contribution in [3.63, 3.8) is 0 Å². The second kappa shape index (κ2) is 7.73. The van der Waals surface area contributed by atoms with Crippen LogP contribution in [0.1, 0.15) is 23.2 Å². The SMILES string of the molecule is O=C(c1cc(F)cc(Br)c1)N1CCC(CN2CCOCC2)CC1. The molecule has 2 fully saturated rings. The summed E-state index contributed by atoms with van der Waals surface area (Å²) in [6, 6.07) is 4.36. The van der Waals surface area contributed by atoms with E-state index >= 15 is 0 Å². The van der Waals surface area contributed by atoms with Gasteiger partial charge in [-0.05, 0) is 37.0 Å².